The van der Waals surface area contributed by atoms with E-state index in [1.54, 1.807) is 0 Å². The summed E-state index contributed by atoms with van der Waals surface area (Å²) in [6.07, 6.45) is 0.762. The van der Waals surface area contributed by atoms with E-state index in [0.717, 1.165) is 32.6 Å². The fourth-order valence-electron chi connectivity index (χ4n) is 1.42. The van der Waals surface area contributed by atoms with Crippen molar-refractivity contribution in [2.45, 2.75) is 12.5 Å². The molecule has 68 valence electrons. The second kappa shape index (κ2) is 5.09. The van der Waals surface area contributed by atoms with Crippen molar-refractivity contribution < 1.29 is 5.11 Å². The molecule has 0 aromatic rings. The summed E-state index contributed by atoms with van der Waals surface area (Å²) in [6, 6.07) is 2.24. The molecule has 0 spiro atoms. The lowest BCUT2D eigenvalue weighted by Gasteiger charge is -2.31. The number of nitriles is 1. The molecule has 1 atom stereocenters. The van der Waals surface area contributed by atoms with Crippen LogP contribution in [-0.2, 0) is 0 Å². The third kappa shape index (κ3) is 2.45. The van der Waals surface area contributed by atoms with Crippen LogP contribution in [0.1, 0.15) is 6.42 Å². The average Bonchev–Trinajstić information content (AvgIpc) is 2.15. The molecule has 0 aromatic carbocycles. The molecule has 1 saturated heterocycles. The molecular formula is C8H15N3O. The first kappa shape index (κ1) is 9.46. The number of nitrogens with zero attached hydrogens (tertiary/aromatic N) is 2. The third-order valence-corrected chi connectivity index (χ3v) is 2.11. The fraction of sp³-hybridized carbons (Fsp3) is 0.875. The molecule has 1 rings (SSSR count). The van der Waals surface area contributed by atoms with Crippen molar-refractivity contribution in [1.29, 1.82) is 5.26 Å². The summed E-state index contributed by atoms with van der Waals surface area (Å²) < 4.78 is 0. The van der Waals surface area contributed by atoms with Crippen molar-refractivity contribution in [2.24, 2.45) is 0 Å². The van der Waals surface area contributed by atoms with Gasteiger partial charge in [0, 0.05) is 32.8 Å². The van der Waals surface area contributed by atoms with Gasteiger partial charge in [-0.1, -0.05) is 0 Å². The first-order valence-electron chi connectivity index (χ1n) is 4.33. The molecule has 1 aliphatic rings. The summed E-state index contributed by atoms with van der Waals surface area (Å²) in [4.78, 5) is 2.12. The largest absolute Gasteiger partial charge is 0.396 e. The van der Waals surface area contributed by atoms with Crippen molar-refractivity contribution >= 4 is 0 Å². The van der Waals surface area contributed by atoms with Gasteiger partial charge in [0.05, 0.1) is 6.07 Å². The Labute approximate surface area is 72.8 Å². The van der Waals surface area contributed by atoms with E-state index in [4.69, 9.17) is 10.4 Å². The first-order chi connectivity index (χ1) is 5.88. The molecule has 2 N–H and O–H groups in total. The second-order valence-corrected chi connectivity index (χ2v) is 2.96. The number of hydrogen-bond donors (Lipinski definition) is 2. The normalized spacial score (nSPS) is 25.2. The van der Waals surface area contributed by atoms with Gasteiger partial charge in [0.1, 0.15) is 6.04 Å². The number of hydrogen-bond acceptors (Lipinski definition) is 4. The van der Waals surface area contributed by atoms with E-state index >= 15 is 0 Å². The van der Waals surface area contributed by atoms with Crippen LogP contribution in [0.3, 0.4) is 0 Å². The van der Waals surface area contributed by atoms with E-state index in [1.807, 2.05) is 0 Å². The van der Waals surface area contributed by atoms with E-state index in [-0.39, 0.29) is 12.6 Å². The van der Waals surface area contributed by atoms with Crippen LogP contribution < -0.4 is 5.32 Å². The van der Waals surface area contributed by atoms with Gasteiger partial charge < -0.3 is 10.4 Å². The molecule has 4 heteroatoms. The van der Waals surface area contributed by atoms with Crippen LogP contribution in [0.4, 0.5) is 0 Å². The topological polar surface area (TPSA) is 59.3 Å². The number of aliphatic hydroxyl groups is 1. The van der Waals surface area contributed by atoms with Crippen molar-refractivity contribution in [3.8, 4) is 6.07 Å². The van der Waals surface area contributed by atoms with Gasteiger partial charge in [-0.2, -0.15) is 5.26 Å². The monoisotopic (exact) mass is 169 g/mol. The summed E-state index contributed by atoms with van der Waals surface area (Å²) in [5.41, 5.74) is 0. The number of aliphatic hydroxyl groups excluding tert-OH is 1. The molecule has 1 unspecified atom stereocenters. The average molecular weight is 169 g/mol. The Balaban J connectivity index is 2.32. The molecule has 0 bridgehead atoms. The lowest BCUT2D eigenvalue weighted by atomic mass is 10.2. The van der Waals surface area contributed by atoms with Crippen molar-refractivity contribution in [1.82, 2.24) is 10.2 Å². The van der Waals surface area contributed by atoms with Gasteiger partial charge in [-0.05, 0) is 6.42 Å². The minimum Gasteiger partial charge on any atom is -0.396 e. The molecule has 12 heavy (non-hydrogen) atoms. The molecule has 0 saturated carbocycles. The lowest BCUT2D eigenvalue weighted by Crippen LogP contribution is -2.50. The highest BCUT2D eigenvalue weighted by Gasteiger charge is 2.20. The van der Waals surface area contributed by atoms with Crippen molar-refractivity contribution in [3.63, 3.8) is 0 Å². The van der Waals surface area contributed by atoms with Gasteiger partial charge in [-0.25, -0.2) is 0 Å². The van der Waals surface area contributed by atoms with Gasteiger partial charge >= 0.3 is 0 Å². The Hall–Kier alpha value is -0.630. The van der Waals surface area contributed by atoms with Gasteiger partial charge in [0.25, 0.3) is 0 Å². The molecule has 0 aromatic heterocycles. The highest BCUT2D eigenvalue weighted by molar-refractivity contribution is 4.95. The fourth-order valence-corrected chi connectivity index (χ4v) is 1.42. The molecule has 0 radical (unpaired) electrons. The van der Waals surface area contributed by atoms with E-state index in [2.05, 4.69) is 16.3 Å². The Bertz CT molecular complexity index is 166. The van der Waals surface area contributed by atoms with Gasteiger partial charge in [-0.15, -0.1) is 0 Å². The number of rotatable bonds is 3. The first-order valence-corrected chi connectivity index (χ1v) is 4.33. The smallest absolute Gasteiger partial charge is 0.110 e. The van der Waals surface area contributed by atoms with Crippen LogP contribution >= 0.6 is 0 Å². The standard InChI is InChI=1S/C8H15N3O/c9-6-8-7-10-2-4-11(8)3-1-5-12/h8,10,12H,1-5,7H2. The Kier molecular flexibility index (Phi) is 4.01. The van der Waals surface area contributed by atoms with Gasteiger partial charge in [0.2, 0.25) is 0 Å². The van der Waals surface area contributed by atoms with E-state index in [0.29, 0.717) is 0 Å². The van der Waals surface area contributed by atoms with Crippen molar-refractivity contribution in [3.05, 3.63) is 0 Å². The van der Waals surface area contributed by atoms with Crippen molar-refractivity contribution in [2.75, 3.05) is 32.8 Å². The quantitative estimate of drug-likeness (QED) is 0.578. The van der Waals surface area contributed by atoms with Gasteiger partial charge in [-0.3, -0.25) is 4.90 Å². The third-order valence-electron chi connectivity index (χ3n) is 2.11. The zero-order valence-electron chi connectivity index (χ0n) is 7.16. The Morgan fingerprint density at radius 3 is 3.17 bits per heavy atom. The zero-order chi connectivity index (χ0) is 8.81. The van der Waals surface area contributed by atoms with Crippen LogP contribution in [0, 0.1) is 11.3 Å². The van der Waals surface area contributed by atoms with Crippen LogP contribution in [0.15, 0.2) is 0 Å². The molecule has 1 aliphatic heterocycles. The highest BCUT2D eigenvalue weighted by atomic mass is 16.3. The number of nitrogens with one attached hydrogen (secondary N) is 1. The van der Waals surface area contributed by atoms with E-state index in [9.17, 15) is 0 Å². The zero-order valence-corrected chi connectivity index (χ0v) is 7.16. The van der Waals surface area contributed by atoms with Crippen LogP contribution in [0.25, 0.3) is 0 Å². The summed E-state index contributed by atoms with van der Waals surface area (Å²) in [6.45, 7) is 3.66. The molecular weight excluding hydrogens is 154 g/mol. The van der Waals surface area contributed by atoms with E-state index in [1.165, 1.54) is 0 Å². The summed E-state index contributed by atoms with van der Waals surface area (Å²) in [5.74, 6) is 0. The summed E-state index contributed by atoms with van der Waals surface area (Å²) >= 11 is 0. The van der Waals surface area contributed by atoms with Crippen LogP contribution in [0.5, 0.6) is 0 Å². The summed E-state index contributed by atoms with van der Waals surface area (Å²) in [5, 5.41) is 20.6. The minimum absolute atomic E-state index is 0.00898. The molecule has 4 nitrogen and oxygen atoms in total. The maximum Gasteiger partial charge on any atom is 0.110 e. The molecule has 1 fully saturated rings. The number of piperazine rings is 1. The highest BCUT2D eigenvalue weighted by Crippen LogP contribution is 2.02. The predicted molar refractivity (Wildman–Crippen MR) is 45.5 cm³/mol. The molecule has 0 aliphatic carbocycles. The Morgan fingerprint density at radius 2 is 2.50 bits per heavy atom. The Morgan fingerprint density at radius 1 is 1.67 bits per heavy atom. The SMILES string of the molecule is N#CC1CNCCN1CCCO. The predicted octanol–water partition coefficient (Wildman–Crippen LogP) is -0.834. The molecule has 0 amide bonds. The minimum atomic E-state index is -0.00898. The van der Waals surface area contributed by atoms with Crippen LogP contribution in [-0.4, -0.2) is 48.8 Å². The maximum atomic E-state index is 8.77. The summed E-state index contributed by atoms with van der Waals surface area (Å²) in [7, 11) is 0. The van der Waals surface area contributed by atoms with E-state index < -0.39 is 0 Å². The van der Waals surface area contributed by atoms with Crippen LogP contribution in [0.2, 0.25) is 0 Å². The molecule has 1 heterocycles. The van der Waals surface area contributed by atoms with Gasteiger partial charge in [0.15, 0.2) is 0 Å². The lowest BCUT2D eigenvalue weighted by molar-refractivity contribution is 0.175. The second-order valence-electron chi connectivity index (χ2n) is 2.96. The maximum absolute atomic E-state index is 8.77.